The Balaban J connectivity index is 2.09. The van der Waals surface area contributed by atoms with E-state index in [-0.39, 0.29) is 18.6 Å². The molecule has 2 rings (SSSR count). The van der Waals surface area contributed by atoms with Gasteiger partial charge in [0.15, 0.2) is 0 Å². The lowest BCUT2D eigenvalue weighted by Gasteiger charge is -2.13. The van der Waals surface area contributed by atoms with Crippen LogP contribution in [-0.2, 0) is 16.0 Å². The van der Waals surface area contributed by atoms with Crippen LogP contribution >= 0.6 is 0 Å². The number of hydrogen-bond donors (Lipinski definition) is 2. The molecular formula is C17H21NO3. The van der Waals surface area contributed by atoms with Gasteiger partial charge in [-0.25, -0.2) is 0 Å². The minimum absolute atomic E-state index is 0.0682. The van der Waals surface area contributed by atoms with E-state index in [1.165, 1.54) is 0 Å². The van der Waals surface area contributed by atoms with E-state index in [9.17, 15) is 4.79 Å². The van der Waals surface area contributed by atoms with Gasteiger partial charge in [0.1, 0.15) is 6.10 Å². The van der Waals surface area contributed by atoms with E-state index in [1.54, 1.807) is 0 Å². The zero-order valence-corrected chi connectivity index (χ0v) is 12.3. The van der Waals surface area contributed by atoms with Crippen LogP contribution in [0.5, 0.6) is 0 Å². The second-order valence-electron chi connectivity index (χ2n) is 4.99. The van der Waals surface area contributed by atoms with Gasteiger partial charge in [0, 0.05) is 24.3 Å². The first kappa shape index (κ1) is 15.6. The van der Waals surface area contributed by atoms with Gasteiger partial charge in [0.25, 0.3) is 5.91 Å². The number of aliphatic hydroxyl groups excluding tert-OH is 1. The van der Waals surface area contributed by atoms with Gasteiger partial charge in [0.2, 0.25) is 0 Å². The van der Waals surface area contributed by atoms with Crippen molar-refractivity contribution in [2.24, 2.45) is 0 Å². The van der Waals surface area contributed by atoms with E-state index in [1.807, 2.05) is 25.1 Å². The summed E-state index contributed by atoms with van der Waals surface area (Å²) in [4.78, 5) is 12.1. The molecule has 112 valence electrons. The maximum Gasteiger partial charge on any atom is 0.253 e. The molecule has 1 aliphatic rings. The maximum atomic E-state index is 12.1. The lowest BCUT2D eigenvalue weighted by atomic mass is 10.1. The molecule has 0 bridgehead atoms. The van der Waals surface area contributed by atoms with Crippen LogP contribution in [0.15, 0.2) is 18.2 Å². The highest BCUT2D eigenvalue weighted by Gasteiger charge is 2.23. The summed E-state index contributed by atoms with van der Waals surface area (Å²) in [6, 6.07) is 5.75. The fourth-order valence-electron chi connectivity index (χ4n) is 2.30. The Labute approximate surface area is 125 Å². The Kier molecular flexibility index (Phi) is 5.79. The first-order valence-electron chi connectivity index (χ1n) is 7.39. The summed E-state index contributed by atoms with van der Waals surface area (Å²) in [5, 5.41) is 11.7. The number of ether oxygens (including phenoxy) is 1. The number of anilines is 1. The number of nitrogens with one attached hydrogen (secondary N) is 1. The molecule has 0 radical (unpaired) electrons. The molecule has 1 fully saturated rings. The zero-order chi connectivity index (χ0) is 15.1. The quantitative estimate of drug-likeness (QED) is 0.834. The Hall–Kier alpha value is -1.83. The zero-order valence-electron chi connectivity index (χ0n) is 12.3. The van der Waals surface area contributed by atoms with E-state index in [0.29, 0.717) is 13.0 Å². The number of carbonyl (C=O) groups is 1. The summed E-state index contributed by atoms with van der Waals surface area (Å²) >= 11 is 0. The Morgan fingerprint density at radius 3 is 3.05 bits per heavy atom. The highest BCUT2D eigenvalue weighted by molar-refractivity contribution is 5.95. The van der Waals surface area contributed by atoms with E-state index >= 15 is 0 Å². The third kappa shape index (κ3) is 4.32. The van der Waals surface area contributed by atoms with Gasteiger partial charge >= 0.3 is 0 Å². The molecule has 1 aromatic rings. The van der Waals surface area contributed by atoms with Crippen LogP contribution in [0.25, 0.3) is 0 Å². The third-order valence-corrected chi connectivity index (χ3v) is 3.44. The van der Waals surface area contributed by atoms with Gasteiger partial charge in [-0.2, -0.15) is 0 Å². The molecule has 0 aromatic heterocycles. The fraction of sp³-hybridized carbons (Fsp3) is 0.471. The van der Waals surface area contributed by atoms with Crippen LogP contribution in [0.2, 0.25) is 0 Å². The number of aliphatic hydroxyl groups is 1. The number of benzene rings is 1. The molecule has 0 aliphatic carbocycles. The topological polar surface area (TPSA) is 58.6 Å². The van der Waals surface area contributed by atoms with Crippen molar-refractivity contribution in [2.75, 3.05) is 18.5 Å². The molecule has 2 N–H and O–H groups in total. The molecule has 0 spiro atoms. The first-order chi connectivity index (χ1) is 10.2. The van der Waals surface area contributed by atoms with Crippen molar-refractivity contribution in [2.45, 2.75) is 38.7 Å². The molecule has 1 heterocycles. The van der Waals surface area contributed by atoms with Crippen LogP contribution < -0.4 is 5.32 Å². The van der Waals surface area contributed by atoms with Gasteiger partial charge in [-0.15, -0.1) is 0 Å². The molecule has 1 unspecified atom stereocenters. The lowest BCUT2D eigenvalue weighted by molar-refractivity contribution is -0.124. The minimum Gasteiger partial charge on any atom is -0.395 e. The molecule has 1 atom stereocenters. The first-order valence-corrected chi connectivity index (χ1v) is 7.39. The molecule has 1 amide bonds. The predicted molar refractivity (Wildman–Crippen MR) is 82.0 cm³/mol. The third-order valence-electron chi connectivity index (χ3n) is 3.44. The number of amides is 1. The predicted octanol–water partition coefficient (Wildman–Crippen LogP) is 2.10. The van der Waals surface area contributed by atoms with Gasteiger partial charge in [0.05, 0.1) is 6.61 Å². The molecular weight excluding hydrogens is 266 g/mol. The number of hydrogen-bond acceptors (Lipinski definition) is 3. The summed E-state index contributed by atoms with van der Waals surface area (Å²) in [6.45, 7) is 2.78. The van der Waals surface area contributed by atoms with Crippen molar-refractivity contribution in [3.63, 3.8) is 0 Å². The van der Waals surface area contributed by atoms with Crippen LogP contribution in [0, 0.1) is 11.8 Å². The average molecular weight is 287 g/mol. The van der Waals surface area contributed by atoms with Crippen molar-refractivity contribution in [3.05, 3.63) is 29.3 Å². The van der Waals surface area contributed by atoms with E-state index in [0.717, 1.165) is 36.1 Å². The SMILES string of the molecule is CCc1cc(C#CCCO)ccc1NC(=O)C1CCCO1. The van der Waals surface area contributed by atoms with Crippen LogP contribution in [0.3, 0.4) is 0 Å². The van der Waals surface area contributed by atoms with Gasteiger partial charge in [-0.1, -0.05) is 18.8 Å². The highest BCUT2D eigenvalue weighted by atomic mass is 16.5. The second kappa shape index (κ2) is 7.82. The molecule has 21 heavy (non-hydrogen) atoms. The van der Waals surface area contributed by atoms with Gasteiger partial charge < -0.3 is 15.2 Å². The highest BCUT2D eigenvalue weighted by Crippen LogP contribution is 2.20. The van der Waals surface area contributed by atoms with Gasteiger partial charge in [-0.05, 0) is 43.0 Å². The molecule has 4 nitrogen and oxygen atoms in total. The summed E-state index contributed by atoms with van der Waals surface area (Å²) in [5.41, 5.74) is 2.78. The van der Waals surface area contributed by atoms with Crippen LogP contribution in [0.1, 0.15) is 37.3 Å². The second-order valence-corrected chi connectivity index (χ2v) is 4.99. The van der Waals surface area contributed by atoms with Gasteiger partial charge in [-0.3, -0.25) is 4.79 Å². The fourth-order valence-corrected chi connectivity index (χ4v) is 2.30. The Bertz CT molecular complexity index is 551. The molecule has 0 saturated carbocycles. The lowest BCUT2D eigenvalue weighted by Crippen LogP contribution is -2.27. The minimum atomic E-state index is -0.321. The maximum absolute atomic E-state index is 12.1. The summed E-state index contributed by atoms with van der Waals surface area (Å²) in [6.07, 6.45) is 2.70. The average Bonchev–Trinajstić information content (AvgIpc) is 3.03. The molecule has 1 saturated heterocycles. The van der Waals surface area contributed by atoms with Crippen molar-refractivity contribution < 1.29 is 14.6 Å². The van der Waals surface area contributed by atoms with E-state index < -0.39 is 0 Å². The normalized spacial score (nSPS) is 17.1. The van der Waals surface area contributed by atoms with Crippen molar-refractivity contribution in [1.82, 2.24) is 0 Å². The van der Waals surface area contributed by atoms with Crippen LogP contribution in [-0.4, -0.2) is 30.3 Å². The number of carbonyl (C=O) groups excluding carboxylic acids is 1. The smallest absolute Gasteiger partial charge is 0.253 e. The van der Waals surface area contributed by atoms with Crippen molar-refractivity contribution in [3.8, 4) is 11.8 Å². The largest absolute Gasteiger partial charge is 0.395 e. The molecule has 1 aromatic carbocycles. The number of aryl methyl sites for hydroxylation is 1. The standard InChI is InChI=1S/C17H21NO3/c1-2-14-12-13(6-3-4-10-19)8-9-15(14)18-17(20)16-7-5-11-21-16/h8-9,12,16,19H,2,4-5,7,10-11H2,1H3,(H,18,20). The Morgan fingerprint density at radius 1 is 1.52 bits per heavy atom. The Morgan fingerprint density at radius 2 is 2.38 bits per heavy atom. The molecule has 4 heteroatoms. The van der Waals surface area contributed by atoms with Crippen molar-refractivity contribution >= 4 is 11.6 Å². The summed E-state index contributed by atoms with van der Waals surface area (Å²) in [7, 11) is 0. The monoisotopic (exact) mass is 287 g/mol. The number of rotatable bonds is 4. The van der Waals surface area contributed by atoms with E-state index in [4.69, 9.17) is 9.84 Å². The summed E-state index contributed by atoms with van der Waals surface area (Å²) in [5.74, 6) is 5.84. The molecule has 1 aliphatic heterocycles. The van der Waals surface area contributed by atoms with Crippen molar-refractivity contribution in [1.29, 1.82) is 0 Å². The van der Waals surface area contributed by atoms with Crippen LogP contribution in [0.4, 0.5) is 5.69 Å². The summed E-state index contributed by atoms with van der Waals surface area (Å²) < 4.78 is 5.39. The van der Waals surface area contributed by atoms with E-state index in [2.05, 4.69) is 17.2 Å².